The van der Waals surface area contributed by atoms with Gasteiger partial charge < -0.3 is 5.32 Å². The van der Waals surface area contributed by atoms with Gasteiger partial charge in [0.05, 0.1) is 11.3 Å². The summed E-state index contributed by atoms with van der Waals surface area (Å²) >= 11 is 0. The fourth-order valence-corrected chi connectivity index (χ4v) is 3.27. The van der Waals surface area contributed by atoms with E-state index in [1.807, 2.05) is 36.4 Å². The minimum Gasteiger partial charge on any atom is -0.350 e. The van der Waals surface area contributed by atoms with Gasteiger partial charge in [-0.15, -0.1) is 0 Å². The minimum absolute atomic E-state index is 0.129. The van der Waals surface area contributed by atoms with Crippen LogP contribution in [0.15, 0.2) is 66.9 Å². The van der Waals surface area contributed by atoms with Crippen LogP contribution in [0, 0.1) is 0 Å². The maximum Gasteiger partial charge on any atom is 0.223 e. The molecule has 0 saturated heterocycles. The number of nitrogens with one attached hydrogen (secondary N) is 1. The van der Waals surface area contributed by atoms with Crippen LogP contribution in [0.2, 0.25) is 0 Å². The first-order valence-corrected chi connectivity index (χ1v) is 8.51. The fourth-order valence-electron chi connectivity index (χ4n) is 3.27. The third-order valence-electron chi connectivity index (χ3n) is 4.60. The minimum atomic E-state index is 0.129. The summed E-state index contributed by atoms with van der Waals surface area (Å²) in [5, 5.41) is 3.25. The van der Waals surface area contributed by atoms with E-state index in [2.05, 4.69) is 39.6 Å². The van der Waals surface area contributed by atoms with Gasteiger partial charge in [-0.25, -0.2) is 9.97 Å². The molecule has 2 aromatic carbocycles. The summed E-state index contributed by atoms with van der Waals surface area (Å²) in [7, 11) is 0. The van der Waals surface area contributed by atoms with E-state index < -0.39 is 0 Å². The van der Waals surface area contributed by atoms with Crippen molar-refractivity contribution in [1.82, 2.24) is 9.97 Å². The van der Waals surface area contributed by atoms with Crippen LogP contribution in [-0.2, 0) is 13.0 Å². The summed E-state index contributed by atoms with van der Waals surface area (Å²) in [5.41, 5.74) is 3.87. The number of hydrogen-bond donors (Lipinski definition) is 1. The highest BCUT2D eigenvalue weighted by Gasteiger charge is 2.27. The Labute approximate surface area is 147 Å². The lowest BCUT2D eigenvalue weighted by molar-refractivity contribution is 0.0962. The zero-order valence-electron chi connectivity index (χ0n) is 13.9. The predicted molar refractivity (Wildman–Crippen MR) is 97.6 cm³/mol. The summed E-state index contributed by atoms with van der Waals surface area (Å²) < 4.78 is 0. The van der Waals surface area contributed by atoms with E-state index in [1.165, 1.54) is 11.1 Å². The molecule has 0 unspecified atom stereocenters. The van der Waals surface area contributed by atoms with Crippen LogP contribution in [0.4, 0.5) is 5.95 Å². The Morgan fingerprint density at radius 1 is 0.960 bits per heavy atom. The van der Waals surface area contributed by atoms with Crippen molar-refractivity contribution in [3.05, 3.63) is 89.2 Å². The summed E-state index contributed by atoms with van der Waals surface area (Å²) in [6.45, 7) is 0.662. The van der Waals surface area contributed by atoms with Crippen molar-refractivity contribution >= 4 is 11.7 Å². The van der Waals surface area contributed by atoms with E-state index in [9.17, 15) is 4.79 Å². The van der Waals surface area contributed by atoms with Crippen LogP contribution in [0.5, 0.6) is 0 Å². The molecular formula is C21H19N3O. The van der Waals surface area contributed by atoms with Crippen molar-refractivity contribution in [3.63, 3.8) is 0 Å². The lowest BCUT2D eigenvalue weighted by Crippen LogP contribution is -2.21. The van der Waals surface area contributed by atoms with Crippen molar-refractivity contribution < 1.29 is 4.79 Å². The average molecular weight is 329 g/mol. The molecular weight excluding hydrogens is 310 g/mol. The summed E-state index contributed by atoms with van der Waals surface area (Å²) in [5.74, 6) is 0.895. The van der Waals surface area contributed by atoms with Crippen molar-refractivity contribution in [3.8, 4) is 0 Å². The highest BCUT2D eigenvalue weighted by atomic mass is 16.1. The van der Waals surface area contributed by atoms with Crippen LogP contribution in [0.1, 0.15) is 39.5 Å². The van der Waals surface area contributed by atoms with E-state index in [-0.39, 0.29) is 11.7 Å². The number of Topliss-reactive ketones (excluding diaryl/α,β-unsaturated/α-hetero) is 1. The molecule has 1 aliphatic carbocycles. The molecule has 4 nitrogen and oxygen atoms in total. The molecule has 3 aromatic rings. The Hall–Kier alpha value is -3.01. The van der Waals surface area contributed by atoms with E-state index in [0.717, 1.165) is 12.1 Å². The molecule has 1 aliphatic rings. The topological polar surface area (TPSA) is 54.9 Å². The predicted octanol–water partition coefficient (Wildman–Crippen LogP) is 4.00. The van der Waals surface area contributed by atoms with Gasteiger partial charge in [0.25, 0.3) is 0 Å². The SMILES string of the molecule is O=C1C[C@@H](c2ccccc2)Cc2nc(NCc3ccccc3)ncc21. The van der Waals surface area contributed by atoms with Crippen LogP contribution in [0.25, 0.3) is 0 Å². The Morgan fingerprint density at radius 3 is 2.44 bits per heavy atom. The van der Waals surface area contributed by atoms with Crippen molar-refractivity contribution in [2.75, 3.05) is 5.32 Å². The molecule has 4 rings (SSSR count). The summed E-state index contributed by atoms with van der Waals surface area (Å²) in [6.07, 6.45) is 2.96. The third kappa shape index (κ3) is 3.43. The highest BCUT2D eigenvalue weighted by molar-refractivity contribution is 5.98. The van der Waals surface area contributed by atoms with Crippen LogP contribution < -0.4 is 5.32 Å². The number of hydrogen-bond acceptors (Lipinski definition) is 4. The zero-order valence-corrected chi connectivity index (χ0v) is 13.9. The largest absolute Gasteiger partial charge is 0.350 e. The normalized spacial score (nSPS) is 16.3. The molecule has 0 radical (unpaired) electrons. The van der Waals surface area contributed by atoms with Gasteiger partial charge in [-0.1, -0.05) is 60.7 Å². The Kier molecular flexibility index (Phi) is 4.25. The highest BCUT2D eigenvalue weighted by Crippen LogP contribution is 2.31. The second-order valence-corrected chi connectivity index (χ2v) is 6.33. The molecule has 4 heteroatoms. The summed E-state index contributed by atoms with van der Waals surface area (Å²) in [4.78, 5) is 21.4. The number of benzene rings is 2. The molecule has 0 spiro atoms. The fraction of sp³-hybridized carbons (Fsp3) is 0.190. The molecule has 0 fully saturated rings. The number of fused-ring (bicyclic) bond motifs is 1. The monoisotopic (exact) mass is 329 g/mol. The Bertz CT molecular complexity index is 878. The van der Waals surface area contributed by atoms with Gasteiger partial charge in [-0.2, -0.15) is 0 Å². The average Bonchev–Trinajstić information content (AvgIpc) is 2.67. The molecule has 124 valence electrons. The zero-order chi connectivity index (χ0) is 17.1. The van der Waals surface area contributed by atoms with Gasteiger partial charge in [-0.3, -0.25) is 4.79 Å². The molecule has 1 N–H and O–H groups in total. The van der Waals surface area contributed by atoms with Crippen LogP contribution in [0.3, 0.4) is 0 Å². The number of anilines is 1. The van der Waals surface area contributed by atoms with Crippen LogP contribution >= 0.6 is 0 Å². The first kappa shape index (κ1) is 15.5. The second kappa shape index (κ2) is 6.85. The molecule has 0 saturated carbocycles. The van der Waals surface area contributed by atoms with Crippen molar-refractivity contribution in [1.29, 1.82) is 0 Å². The third-order valence-corrected chi connectivity index (χ3v) is 4.60. The van der Waals surface area contributed by atoms with E-state index in [1.54, 1.807) is 6.20 Å². The lowest BCUT2D eigenvalue weighted by atomic mass is 9.82. The summed E-state index contributed by atoms with van der Waals surface area (Å²) in [6, 6.07) is 20.3. The second-order valence-electron chi connectivity index (χ2n) is 6.33. The van der Waals surface area contributed by atoms with Gasteiger partial charge in [0.15, 0.2) is 5.78 Å². The van der Waals surface area contributed by atoms with Crippen molar-refractivity contribution in [2.45, 2.75) is 25.3 Å². The van der Waals surface area contributed by atoms with E-state index in [4.69, 9.17) is 0 Å². The maximum atomic E-state index is 12.5. The quantitative estimate of drug-likeness (QED) is 0.786. The van der Waals surface area contributed by atoms with Gasteiger partial charge in [0, 0.05) is 19.2 Å². The van der Waals surface area contributed by atoms with E-state index >= 15 is 0 Å². The van der Waals surface area contributed by atoms with Gasteiger partial charge >= 0.3 is 0 Å². The molecule has 0 aliphatic heterocycles. The number of nitrogens with zero attached hydrogens (tertiary/aromatic N) is 2. The molecule has 1 heterocycles. The molecule has 25 heavy (non-hydrogen) atoms. The Morgan fingerprint density at radius 2 is 1.68 bits per heavy atom. The van der Waals surface area contributed by atoms with Gasteiger partial charge in [0.2, 0.25) is 5.95 Å². The smallest absolute Gasteiger partial charge is 0.223 e. The molecule has 0 amide bonds. The van der Waals surface area contributed by atoms with E-state index in [0.29, 0.717) is 24.5 Å². The number of ketones is 1. The molecule has 1 aromatic heterocycles. The maximum absolute atomic E-state index is 12.5. The number of carbonyl (C=O) groups excluding carboxylic acids is 1. The standard InChI is InChI=1S/C21H19N3O/c25-20-12-17(16-9-5-2-6-10-16)11-19-18(20)14-23-21(24-19)22-13-15-7-3-1-4-8-15/h1-10,14,17H,11-13H2,(H,22,23,24)/t17-/m0/s1. The lowest BCUT2D eigenvalue weighted by Gasteiger charge is -2.23. The van der Waals surface area contributed by atoms with Gasteiger partial charge in [-0.05, 0) is 23.5 Å². The van der Waals surface area contributed by atoms with Crippen LogP contribution in [-0.4, -0.2) is 15.8 Å². The first-order valence-electron chi connectivity index (χ1n) is 8.51. The Balaban J connectivity index is 1.54. The van der Waals surface area contributed by atoms with Gasteiger partial charge in [0.1, 0.15) is 0 Å². The first-order chi connectivity index (χ1) is 12.3. The number of carbonyl (C=O) groups is 1. The molecule has 1 atom stereocenters. The van der Waals surface area contributed by atoms with Crippen molar-refractivity contribution in [2.24, 2.45) is 0 Å². The molecule has 0 bridgehead atoms. The number of rotatable bonds is 4. The number of aromatic nitrogens is 2.